The van der Waals surface area contributed by atoms with Gasteiger partial charge in [-0.15, -0.1) is 0 Å². The standard InChI is InChI=1S/C31H35F2N3O4S/c1-34(26-9-3-2-4-10-26)27-17-19-35(20-18-27)31(37)40-22-28-11-6-12-30(23-7-5-8-25(33)21-23)36(28)41(38,39)29-15-13-24(32)14-16-29/h2-5,7-10,13-16,21,27-28,30H,6,11-12,17-20,22H2,1H3/t28-,30+/m1/s1. The van der Waals surface area contributed by atoms with Crippen LogP contribution in [0, 0.1) is 11.6 Å². The number of carbonyl (C=O) groups is 1. The Labute approximate surface area is 240 Å². The first-order valence-electron chi connectivity index (χ1n) is 14.0. The van der Waals surface area contributed by atoms with Crippen LogP contribution in [-0.4, -0.2) is 62.5 Å². The van der Waals surface area contributed by atoms with E-state index in [1.54, 1.807) is 17.0 Å². The van der Waals surface area contributed by atoms with Gasteiger partial charge in [-0.1, -0.05) is 30.3 Å². The fourth-order valence-corrected chi connectivity index (χ4v) is 7.74. The van der Waals surface area contributed by atoms with Gasteiger partial charge in [-0.25, -0.2) is 22.0 Å². The molecule has 0 aliphatic carbocycles. The molecule has 10 heteroatoms. The predicted molar refractivity (Wildman–Crippen MR) is 153 cm³/mol. The van der Waals surface area contributed by atoms with Crippen molar-refractivity contribution < 1.29 is 26.7 Å². The molecule has 0 saturated carbocycles. The minimum absolute atomic E-state index is 0.0665. The molecular weight excluding hydrogens is 548 g/mol. The van der Waals surface area contributed by atoms with Gasteiger partial charge in [-0.05, 0) is 86.2 Å². The van der Waals surface area contributed by atoms with E-state index < -0.39 is 39.8 Å². The second kappa shape index (κ2) is 12.6. The number of anilines is 1. The highest BCUT2D eigenvalue weighted by Gasteiger charge is 2.41. The van der Waals surface area contributed by atoms with Crippen molar-refractivity contribution in [3.05, 3.63) is 96.1 Å². The van der Waals surface area contributed by atoms with Gasteiger partial charge < -0.3 is 14.5 Å². The van der Waals surface area contributed by atoms with Gasteiger partial charge in [0.25, 0.3) is 0 Å². The van der Waals surface area contributed by atoms with E-state index in [4.69, 9.17) is 4.74 Å². The zero-order valence-electron chi connectivity index (χ0n) is 23.0. The van der Waals surface area contributed by atoms with Crippen LogP contribution in [0.4, 0.5) is 19.3 Å². The molecule has 2 fully saturated rings. The molecule has 7 nitrogen and oxygen atoms in total. The Bertz CT molecular complexity index is 1430. The van der Waals surface area contributed by atoms with Crippen LogP contribution >= 0.6 is 0 Å². The molecule has 2 aliphatic heterocycles. The lowest BCUT2D eigenvalue weighted by atomic mass is 9.93. The van der Waals surface area contributed by atoms with Crippen molar-refractivity contribution in [1.82, 2.24) is 9.21 Å². The molecule has 0 N–H and O–H groups in total. The Morgan fingerprint density at radius 2 is 1.61 bits per heavy atom. The Hall–Kier alpha value is -3.50. The summed E-state index contributed by atoms with van der Waals surface area (Å²) in [5, 5.41) is 0. The van der Waals surface area contributed by atoms with E-state index in [0.29, 0.717) is 44.0 Å². The number of hydrogen-bond donors (Lipinski definition) is 0. The van der Waals surface area contributed by atoms with E-state index in [2.05, 4.69) is 24.1 Å². The third-order valence-corrected chi connectivity index (χ3v) is 10.1. The maximum atomic E-state index is 14.2. The van der Waals surface area contributed by atoms with Crippen LogP contribution in [0.1, 0.15) is 43.7 Å². The summed E-state index contributed by atoms with van der Waals surface area (Å²) in [7, 11) is -2.06. The average Bonchev–Trinajstić information content (AvgIpc) is 3.00. The normalized spacial score (nSPS) is 20.5. The topological polar surface area (TPSA) is 70.2 Å². The van der Waals surface area contributed by atoms with Gasteiger partial charge in [0, 0.05) is 31.9 Å². The number of ether oxygens (including phenoxy) is 1. The van der Waals surface area contributed by atoms with Crippen molar-refractivity contribution in [2.75, 3.05) is 31.6 Å². The molecule has 2 atom stereocenters. The quantitative estimate of drug-likeness (QED) is 0.342. The summed E-state index contributed by atoms with van der Waals surface area (Å²) in [6, 6.07) is 19.6. The molecule has 2 heterocycles. The Morgan fingerprint density at radius 3 is 2.29 bits per heavy atom. The first-order valence-corrected chi connectivity index (χ1v) is 15.4. The van der Waals surface area contributed by atoms with Gasteiger partial charge in [0.15, 0.2) is 0 Å². The summed E-state index contributed by atoms with van der Waals surface area (Å²) in [5.74, 6) is -1.01. The fraction of sp³-hybridized carbons (Fsp3) is 0.387. The summed E-state index contributed by atoms with van der Waals surface area (Å²) < 4.78 is 62.6. The van der Waals surface area contributed by atoms with Crippen molar-refractivity contribution in [3.8, 4) is 0 Å². The lowest BCUT2D eigenvalue weighted by Crippen LogP contribution is -2.49. The first kappa shape index (κ1) is 29.0. The van der Waals surface area contributed by atoms with Crippen LogP contribution in [0.2, 0.25) is 0 Å². The molecule has 0 unspecified atom stereocenters. The van der Waals surface area contributed by atoms with Crippen LogP contribution in [0.5, 0.6) is 0 Å². The zero-order valence-corrected chi connectivity index (χ0v) is 23.8. The third-order valence-electron chi connectivity index (χ3n) is 8.14. The smallest absolute Gasteiger partial charge is 0.409 e. The second-order valence-corrected chi connectivity index (χ2v) is 12.5. The van der Waals surface area contributed by atoms with Crippen molar-refractivity contribution in [2.45, 2.75) is 55.1 Å². The largest absolute Gasteiger partial charge is 0.448 e. The van der Waals surface area contributed by atoms with E-state index in [9.17, 15) is 22.0 Å². The lowest BCUT2D eigenvalue weighted by molar-refractivity contribution is 0.0569. The highest BCUT2D eigenvalue weighted by molar-refractivity contribution is 7.89. The van der Waals surface area contributed by atoms with Crippen molar-refractivity contribution in [2.24, 2.45) is 0 Å². The number of hydrogen-bond acceptors (Lipinski definition) is 5. The summed E-state index contributed by atoms with van der Waals surface area (Å²) in [6.07, 6.45) is 2.74. The van der Waals surface area contributed by atoms with Gasteiger partial charge in [-0.3, -0.25) is 0 Å². The predicted octanol–water partition coefficient (Wildman–Crippen LogP) is 5.99. The van der Waals surface area contributed by atoms with Crippen LogP contribution in [0.3, 0.4) is 0 Å². The number of sulfonamides is 1. The van der Waals surface area contributed by atoms with Crippen molar-refractivity contribution >= 4 is 21.8 Å². The molecule has 5 rings (SSSR count). The van der Waals surface area contributed by atoms with Gasteiger partial charge in [-0.2, -0.15) is 4.31 Å². The van der Waals surface area contributed by atoms with E-state index in [1.165, 1.54) is 28.6 Å². The van der Waals surface area contributed by atoms with Crippen LogP contribution < -0.4 is 4.90 Å². The summed E-state index contributed by atoms with van der Waals surface area (Å²) in [6.45, 7) is 0.943. The molecule has 2 aliphatic rings. The maximum absolute atomic E-state index is 14.2. The molecular formula is C31H35F2N3O4S. The fourth-order valence-electron chi connectivity index (χ4n) is 5.90. The summed E-state index contributed by atoms with van der Waals surface area (Å²) >= 11 is 0. The van der Waals surface area contributed by atoms with Gasteiger partial charge in [0.2, 0.25) is 10.0 Å². The number of para-hydroxylation sites is 1. The number of halogens is 2. The van der Waals surface area contributed by atoms with Crippen LogP contribution in [0.15, 0.2) is 83.8 Å². The molecule has 2 saturated heterocycles. The number of nitrogens with zero attached hydrogens (tertiary/aromatic N) is 3. The highest BCUT2D eigenvalue weighted by atomic mass is 32.2. The van der Waals surface area contributed by atoms with Gasteiger partial charge >= 0.3 is 6.09 Å². The number of benzene rings is 3. The molecule has 41 heavy (non-hydrogen) atoms. The zero-order chi connectivity index (χ0) is 29.0. The summed E-state index contributed by atoms with van der Waals surface area (Å²) in [5.41, 5.74) is 1.65. The van der Waals surface area contributed by atoms with Gasteiger partial charge in [0.05, 0.1) is 17.0 Å². The third kappa shape index (κ3) is 6.54. The minimum Gasteiger partial charge on any atom is -0.448 e. The lowest BCUT2D eigenvalue weighted by Gasteiger charge is -2.41. The Kier molecular flexibility index (Phi) is 8.89. The number of rotatable bonds is 7. The monoisotopic (exact) mass is 583 g/mol. The van der Waals surface area contributed by atoms with Gasteiger partial charge in [0.1, 0.15) is 18.2 Å². The van der Waals surface area contributed by atoms with E-state index in [0.717, 1.165) is 30.7 Å². The molecule has 1 amide bonds. The highest BCUT2D eigenvalue weighted by Crippen LogP contribution is 2.39. The Morgan fingerprint density at radius 1 is 0.902 bits per heavy atom. The van der Waals surface area contributed by atoms with E-state index in [-0.39, 0.29) is 11.5 Å². The van der Waals surface area contributed by atoms with E-state index in [1.807, 2.05) is 18.2 Å². The number of carbonyl (C=O) groups excluding carboxylic acids is 1. The molecule has 3 aromatic carbocycles. The molecule has 0 aromatic heterocycles. The first-order chi connectivity index (χ1) is 19.7. The van der Waals surface area contributed by atoms with Crippen molar-refractivity contribution in [3.63, 3.8) is 0 Å². The minimum atomic E-state index is -4.12. The Balaban J connectivity index is 1.29. The maximum Gasteiger partial charge on any atom is 0.409 e. The second-order valence-electron chi connectivity index (χ2n) is 10.7. The number of amides is 1. The number of piperidine rings is 2. The molecule has 0 radical (unpaired) electrons. The average molecular weight is 584 g/mol. The number of likely N-dealkylation sites (tertiary alicyclic amines) is 1. The summed E-state index contributed by atoms with van der Waals surface area (Å²) in [4.78, 5) is 16.9. The SMILES string of the molecule is CN(c1ccccc1)C1CCN(C(=O)OC[C@H]2CCC[C@@H](c3cccc(F)c3)N2S(=O)(=O)c2ccc(F)cc2)CC1. The van der Waals surface area contributed by atoms with E-state index >= 15 is 0 Å². The molecule has 0 bridgehead atoms. The van der Waals surface area contributed by atoms with Crippen LogP contribution in [-0.2, 0) is 14.8 Å². The molecule has 3 aromatic rings. The molecule has 218 valence electrons. The molecule has 0 spiro atoms. The van der Waals surface area contributed by atoms with Crippen molar-refractivity contribution in [1.29, 1.82) is 0 Å². The van der Waals surface area contributed by atoms with Crippen LogP contribution in [0.25, 0.3) is 0 Å².